The third kappa shape index (κ3) is 3.57. The van der Waals surface area contributed by atoms with Gasteiger partial charge >= 0.3 is 0 Å². The van der Waals surface area contributed by atoms with E-state index in [1.807, 2.05) is 42.5 Å². The van der Waals surface area contributed by atoms with Gasteiger partial charge in [0, 0.05) is 11.3 Å². The van der Waals surface area contributed by atoms with Crippen LogP contribution in [0.3, 0.4) is 0 Å². The maximum atomic E-state index is 12.7. The third-order valence-electron chi connectivity index (χ3n) is 4.97. The fourth-order valence-electron chi connectivity index (χ4n) is 3.43. The summed E-state index contributed by atoms with van der Waals surface area (Å²) in [7, 11) is -3.67. The van der Waals surface area contributed by atoms with Crippen LogP contribution in [0.5, 0.6) is 0 Å². The largest absolute Gasteiger partial charge is 0.436 e. The molecule has 0 unspecified atom stereocenters. The van der Waals surface area contributed by atoms with Crippen LogP contribution in [0, 0.1) is 6.92 Å². The predicted molar refractivity (Wildman–Crippen MR) is 119 cm³/mol. The van der Waals surface area contributed by atoms with E-state index in [9.17, 15) is 8.42 Å². The van der Waals surface area contributed by atoms with Crippen molar-refractivity contribution in [2.24, 2.45) is 0 Å². The summed E-state index contributed by atoms with van der Waals surface area (Å²) in [6, 6.07) is 21.5. The summed E-state index contributed by atoms with van der Waals surface area (Å²) in [5.74, 6) is 0.467. The Morgan fingerprint density at radius 3 is 2.45 bits per heavy atom. The van der Waals surface area contributed by atoms with Crippen molar-refractivity contribution in [2.45, 2.75) is 11.8 Å². The summed E-state index contributed by atoms with van der Waals surface area (Å²) in [4.78, 5) is 4.79. The SMILES string of the molecule is Cc1ccccc1S(=O)(=O)Nc1ccc(-c2[nH]ncc2-c2nc3ccccc3o2)cc1. The zero-order valence-corrected chi connectivity index (χ0v) is 17.3. The lowest BCUT2D eigenvalue weighted by Crippen LogP contribution is -2.14. The van der Waals surface area contributed by atoms with Crippen molar-refractivity contribution in [3.63, 3.8) is 0 Å². The number of aromatic amines is 1. The van der Waals surface area contributed by atoms with E-state index in [1.54, 1.807) is 43.5 Å². The fraction of sp³-hybridized carbons (Fsp3) is 0.0435. The van der Waals surface area contributed by atoms with Crippen molar-refractivity contribution in [3.05, 3.63) is 84.6 Å². The molecule has 2 N–H and O–H groups in total. The normalized spacial score (nSPS) is 11.6. The number of nitrogens with one attached hydrogen (secondary N) is 2. The van der Waals surface area contributed by atoms with Crippen LogP contribution < -0.4 is 4.72 Å². The standard InChI is InChI=1S/C23H18N4O3S/c1-15-6-2-5-9-21(15)31(28,29)27-17-12-10-16(11-13-17)22-18(14-24-26-22)23-25-19-7-3-4-8-20(19)30-23/h2-14,27H,1H3,(H,24,26). The molecule has 0 aliphatic heterocycles. The number of H-pyrrole nitrogens is 1. The summed E-state index contributed by atoms with van der Waals surface area (Å²) in [5.41, 5.74) is 4.91. The molecule has 0 saturated heterocycles. The number of aryl methyl sites for hydroxylation is 1. The molecule has 3 aromatic carbocycles. The van der Waals surface area contributed by atoms with Crippen molar-refractivity contribution < 1.29 is 12.8 Å². The molecule has 0 atom stereocenters. The minimum atomic E-state index is -3.67. The van der Waals surface area contributed by atoms with Gasteiger partial charge in [-0.2, -0.15) is 5.10 Å². The lowest BCUT2D eigenvalue weighted by molar-refractivity contribution is 0.600. The third-order valence-corrected chi connectivity index (χ3v) is 6.51. The lowest BCUT2D eigenvalue weighted by atomic mass is 10.1. The molecule has 7 nitrogen and oxygen atoms in total. The van der Waals surface area contributed by atoms with Crippen LogP contribution in [0.15, 0.2) is 88.3 Å². The number of benzene rings is 3. The second-order valence-corrected chi connectivity index (χ2v) is 8.74. The molecule has 5 rings (SSSR count). The Hall–Kier alpha value is -3.91. The van der Waals surface area contributed by atoms with Gasteiger partial charge in [-0.05, 0) is 42.8 Å². The molecule has 154 valence electrons. The van der Waals surface area contributed by atoms with Gasteiger partial charge < -0.3 is 4.42 Å². The minimum Gasteiger partial charge on any atom is -0.436 e. The Labute approximate surface area is 178 Å². The van der Waals surface area contributed by atoms with Crippen LogP contribution in [0.1, 0.15) is 5.56 Å². The summed E-state index contributed by atoms with van der Waals surface area (Å²) in [6.45, 7) is 1.77. The molecular weight excluding hydrogens is 412 g/mol. The first kappa shape index (κ1) is 19.1. The number of hydrogen-bond donors (Lipinski definition) is 2. The quantitative estimate of drug-likeness (QED) is 0.409. The maximum absolute atomic E-state index is 12.7. The molecule has 8 heteroatoms. The van der Waals surface area contributed by atoms with E-state index < -0.39 is 10.0 Å². The van der Waals surface area contributed by atoms with Crippen LogP contribution in [0.25, 0.3) is 33.8 Å². The molecule has 0 aliphatic rings. The maximum Gasteiger partial charge on any atom is 0.262 e. The molecule has 0 spiro atoms. The van der Waals surface area contributed by atoms with Gasteiger partial charge in [0.2, 0.25) is 5.89 Å². The first-order valence-corrected chi connectivity index (χ1v) is 11.1. The van der Waals surface area contributed by atoms with Gasteiger partial charge in [-0.3, -0.25) is 9.82 Å². The highest BCUT2D eigenvalue weighted by molar-refractivity contribution is 7.92. The average molecular weight is 430 g/mol. The summed E-state index contributed by atoms with van der Waals surface area (Å²) in [5, 5.41) is 7.12. The minimum absolute atomic E-state index is 0.255. The van der Waals surface area contributed by atoms with Gasteiger partial charge in [0.1, 0.15) is 5.52 Å². The number of aromatic nitrogens is 3. The molecule has 31 heavy (non-hydrogen) atoms. The lowest BCUT2D eigenvalue weighted by Gasteiger charge is -2.10. The number of anilines is 1. The van der Waals surface area contributed by atoms with Crippen LogP contribution in [0.2, 0.25) is 0 Å². The fourth-order valence-corrected chi connectivity index (χ4v) is 4.73. The van der Waals surface area contributed by atoms with E-state index >= 15 is 0 Å². The first-order chi connectivity index (χ1) is 15.0. The van der Waals surface area contributed by atoms with Crippen molar-refractivity contribution in [2.75, 3.05) is 4.72 Å². The van der Waals surface area contributed by atoms with Gasteiger partial charge in [-0.15, -0.1) is 0 Å². The average Bonchev–Trinajstić information content (AvgIpc) is 3.41. The smallest absolute Gasteiger partial charge is 0.262 e. The van der Waals surface area contributed by atoms with E-state index in [4.69, 9.17) is 4.42 Å². The molecule has 0 saturated carbocycles. The van der Waals surface area contributed by atoms with Crippen LogP contribution in [0.4, 0.5) is 5.69 Å². The number of oxazole rings is 1. The molecule has 2 aromatic heterocycles. The van der Waals surface area contributed by atoms with Crippen LogP contribution in [-0.4, -0.2) is 23.6 Å². The molecule has 0 radical (unpaired) electrons. The van der Waals surface area contributed by atoms with Crippen molar-refractivity contribution in [1.82, 2.24) is 15.2 Å². The Balaban J connectivity index is 1.44. The highest BCUT2D eigenvalue weighted by atomic mass is 32.2. The molecular formula is C23H18N4O3S. The zero-order valence-electron chi connectivity index (χ0n) is 16.5. The Morgan fingerprint density at radius 2 is 1.68 bits per heavy atom. The number of fused-ring (bicyclic) bond motifs is 1. The first-order valence-electron chi connectivity index (χ1n) is 9.59. The zero-order chi connectivity index (χ0) is 21.4. The number of rotatable bonds is 5. The summed E-state index contributed by atoms with van der Waals surface area (Å²) in [6.07, 6.45) is 1.66. The highest BCUT2D eigenvalue weighted by Crippen LogP contribution is 2.32. The van der Waals surface area contributed by atoms with Gasteiger partial charge in [-0.25, -0.2) is 13.4 Å². The monoisotopic (exact) mass is 430 g/mol. The second-order valence-electron chi connectivity index (χ2n) is 7.09. The van der Waals surface area contributed by atoms with Gasteiger partial charge in [0.05, 0.1) is 22.3 Å². The van der Waals surface area contributed by atoms with E-state index in [-0.39, 0.29) is 4.90 Å². The van der Waals surface area contributed by atoms with Gasteiger partial charge in [-0.1, -0.05) is 42.5 Å². The molecule has 5 aromatic rings. The Morgan fingerprint density at radius 1 is 0.935 bits per heavy atom. The molecule has 0 bridgehead atoms. The molecule has 0 fully saturated rings. The van der Waals surface area contributed by atoms with Crippen molar-refractivity contribution in [3.8, 4) is 22.7 Å². The number of para-hydroxylation sites is 2. The van der Waals surface area contributed by atoms with Gasteiger partial charge in [0.15, 0.2) is 5.58 Å². The summed E-state index contributed by atoms with van der Waals surface area (Å²) < 4.78 is 33.9. The van der Waals surface area contributed by atoms with E-state index in [1.165, 1.54) is 0 Å². The highest BCUT2D eigenvalue weighted by Gasteiger charge is 2.18. The molecule has 2 heterocycles. The number of hydrogen-bond acceptors (Lipinski definition) is 5. The Bertz CT molecular complexity index is 1450. The molecule has 0 aliphatic carbocycles. The van der Waals surface area contributed by atoms with Crippen molar-refractivity contribution >= 4 is 26.8 Å². The predicted octanol–water partition coefficient (Wildman–Crippen LogP) is 4.99. The van der Waals surface area contributed by atoms with E-state index in [2.05, 4.69) is 19.9 Å². The Kier molecular flexibility index (Phi) is 4.56. The second kappa shape index (κ2) is 7.41. The summed E-state index contributed by atoms with van der Waals surface area (Å²) >= 11 is 0. The topological polar surface area (TPSA) is 101 Å². The van der Waals surface area contributed by atoms with E-state index in [0.717, 1.165) is 22.3 Å². The molecule has 0 amide bonds. The van der Waals surface area contributed by atoms with Crippen LogP contribution >= 0.6 is 0 Å². The number of sulfonamides is 1. The van der Waals surface area contributed by atoms with Gasteiger partial charge in [0.25, 0.3) is 10.0 Å². The van der Waals surface area contributed by atoms with E-state index in [0.29, 0.717) is 22.7 Å². The van der Waals surface area contributed by atoms with Crippen LogP contribution in [-0.2, 0) is 10.0 Å². The number of nitrogens with zero attached hydrogens (tertiary/aromatic N) is 2. The van der Waals surface area contributed by atoms with Crippen molar-refractivity contribution in [1.29, 1.82) is 0 Å².